The Morgan fingerprint density at radius 1 is 1.33 bits per heavy atom. The number of nitrogens with one attached hydrogen (secondary N) is 2. The molecule has 0 bridgehead atoms. The Balaban J connectivity index is 1.87. The molecule has 15 heavy (non-hydrogen) atoms. The molecule has 3 atom stereocenters. The van der Waals surface area contributed by atoms with Gasteiger partial charge in [0.05, 0.1) is 6.61 Å². The molecule has 0 aromatic heterocycles. The van der Waals surface area contributed by atoms with Crippen LogP contribution in [0.3, 0.4) is 0 Å². The highest BCUT2D eigenvalue weighted by molar-refractivity contribution is 5.76. The van der Waals surface area contributed by atoms with Gasteiger partial charge in [0.1, 0.15) is 6.04 Å². The number of esters is 1. The average Bonchev–Trinajstić information content (AvgIpc) is 2.29. The molecule has 2 aliphatic heterocycles. The first kappa shape index (κ1) is 10.9. The number of piperidine rings is 2. The van der Waals surface area contributed by atoms with Crippen LogP contribution in [-0.2, 0) is 9.53 Å². The van der Waals surface area contributed by atoms with E-state index in [9.17, 15) is 4.79 Å². The van der Waals surface area contributed by atoms with Crippen molar-refractivity contribution < 1.29 is 9.53 Å². The Bertz CT molecular complexity index is 233. The Hall–Kier alpha value is -0.610. The van der Waals surface area contributed by atoms with E-state index in [4.69, 9.17) is 4.74 Å². The highest BCUT2D eigenvalue weighted by atomic mass is 16.5. The van der Waals surface area contributed by atoms with E-state index in [1.54, 1.807) is 0 Å². The molecule has 0 aliphatic carbocycles. The van der Waals surface area contributed by atoms with E-state index >= 15 is 0 Å². The van der Waals surface area contributed by atoms with Crippen LogP contribution in [0.15, 0.2) is 0 Å². The fourth-order valence-electron chi connectivity index (χ4n) is 2.57. The van der Waals surface area contributed by atoms with Crippen molar-refractivity contribution in [3.05, 3.63) is 0 Å². The lowest BCUT2D eigenvalue weighted by atomic mass is 9.88. The summed E-state index contributed by atoms with van der Waals surface area (Å²) in [6.07, 6.45) is 4.35. The maximum Gasteiger partial charge on any atom is 0.323 e. The minimum Gasteiger partial charge on any atom is -0.465 e. The van der Waals surface area contributed by atoms with Crippen LogP contribution < -0.4 is 10.6 Å². The summed E-state index contributed by atoms with van der Waals surface area (Å²) in [6.45, 7) is 3.45. The first-order valence-corrected chi connectivity index (χ1v) is 5.97. The second kappa shape index (κ2) is 4.94. The predicted octanol–water partition coefficient (Wildman–Crippen LogP) is 0.422. The number of hydrogen-bond donors (Lipinski definition) is 2. The summed E-state index contributed by atoms with van der Waals surface area (Å²) >= 11 is 0. The molecule has 3 unspecified atom stereocenters. The van der Waals surface area contributed by atoms with Crippen molar-refractivity contribution in [3.63, 3.8) is 0 Å². The van der Waals surface area contributed by atoms with Gasteiger partial charge in [0.15, 0.2) is 0 Å². The molecule has 0 spiro atoms. The van der Waals surface area contributed by atoms with E-state index in [-0.39, 0.29) is 12.0 Å². The largest absolute Gasteiger partial charge is 0.465 e. The minimum atomic E-state index is -0.0819. The quantitative estimate of drug-likeness (QED) is 0.651. The molecular weight excluding hydrogens is 192 g/mol. The van der Waals surface area contributed by atoms with Gasteiger partial charge in [0.25, 0.3) is 0 Å². The van der Waals surface area contributed by atoms with Gasteiger partial charge >= 0.3 is 5.97 Å². The van der Waals surface area contributed by atoms with E-state index in [2.05, 4.69) is 10.6 Å². The molecule has 2 aliphatic rings. The van der Waals surface area contributed by atoms with Gasteiger partial charge in [0, 0.05) is 12.1 Å². The molecule has 0 radical (unpaired) electrons. The van der Waals surface area contributed by atoms with Crippen molar-refractivity contribution in [1.29, 1.82) is 0 Å². The molecule has 2 fully saturated rings. The number of rotatable bonds is 2. The van der Waals surface area contributed by atoms with Gasteiger partial charge in [-0.3, -0.25) is 4.79 Å². The average molecular weight is 212 g/mol. The lowest BCUT2D eigenvalue weighted by Crippen LogP contribution is -2.60. The molecule has 2 rings (SSSR count). The second-order valence-corrected chi connectivity index (χ2v) is 4.36. The zero-order chi connectivity index (χ0) is 10.7. The van der Waals surface area contributed by atoms with Gasteiger partial charge in [0.2, 0.25) is 0 Å². The first-order valence-electron chi connectivity index (χ1n) is 5.97. The normalized spacial score (nSPS) is 35.7. The molecule has 0 aromatic rings. The minimum absolute atomic E-state index is 0.0777. The molecule has 4 nitrogen and oxygen atoms in total. The number of ether oxygens (including phenoxy) is 1. The van der Waals surface area contributed by atoms with Crippen LogP contribution in [0.25, 0.3) is 0 Å². The Morgan fingerprint density at radius 3 is 3.00 bits per heavy atom. The van der Waals surface area contributed by atoms with E-state index in [1.165, 1.54) is 12.8 Å². The van der Waals surface area contributed by atoms with Crippen molar-refractivity contribution in [3.8, 4) is 0 Å². The number of fused-ring (bicyclic) bond motifs is 1. The second-order valence-electron chi connectivity index (χ2n) is 4.36. The van der Waals surface area contributed by atoms with Crippen LogP contribution in [0, 0.1) is 0 Å². The molecule has 0 amide bonds. The SMILES string of the molecule is CCOC(=O)C1CCC2NCCCC2N1. The fourth-order valence-corrected chi connectivity index (χ4v) is 2.57. The first-order chi connectivity index (χ1) is 7.31. The van der Waals surface area contributed by atoms with Gasteiger partial charge in [-0.25, -0.2) is 0 Å². The van der Waals surface area contributed by atoms with Gasteiger partial charge in [-0.15, -0.1) is 0 Å². The van der Waals surface area contributed by atoms with Crippen LogP contribution in [0.1, 0.15) is 32.6 Å². The molecule has 2 saturated heterocycles. The molecular formula is C11H20N2O2. The van der Waals surface area contributed by atoms with Gasteiger partial charge < -0.3 is 15.4 Å². The van der Waals surface area contributed by atoms with Crippen LogP contribution in [-0.4, -0.2) is 37.2 Å². The molecule has 2 heterocycles. The fraction of sp³-hybridized carbons (Fsp3) is 0.909. The third-order valence-corrected chi connectivity index (χ3v) is 3.34. The zero-order valence-electron chi connectivity index (χ0n) is 9.29. The Morgan fingerprint density at radius 2 is 2.20 bits per heavy atom. The molecule has 0 aromatic carbocycles. The van der Waals surface area contributed by atoms with Crippen molar-refractivity contribution in [2.75, 3.05) is 13.2 Å². The van der Waals surface area contributed by atoms with Crippen LogP contribution in [0.5, 0.6) is 0 Å². The van der Waals surface area contributed by atoms with Crippen LogP contribution in [0.2, 0.25) is 0 Å². The van der Waals surface area contributed by atoms with Gasteiger partial charge in [-0.1, -0.05) is 0 Å². The summed E-state index contributed by atoms with van der Waals surface area (Å²) in [4.78, 5) is 11.6. The van der Waals surface area contributed by atoms with Crippen LogP contribution >= 0.6 is 0 Å². The topological polar surface area (TPSA) is 50.4 Å². The van der Waals surface area contributed by atoms with Gasteiger partial charge in [-0.05, 0) is 39.2 Å². The summed E-state index contributed by atoms with van der Waals surface area (Å²) in [5.74, 6) is -0.0819. The van der Waals surface area contributed by atoms with E-state index in [0.717, 1.165) is 19.4 Å². The maximum absolute atomic E-state index is 11.6. The van der Waals surface area contributed by atoms with Crippen molar-refractivity contribution in [2.24, 2.45) is 0 Å². The lowest BCUT2D eigenvalue weighted by Gasteiger charge is -2.40. The van der Waals surface area contributed by atoms with E-state index < -0.39 is 0 Å². The smallest absolute Gasteiger partial charge is 0.323 e. The number of carbonyl (C=O) groups excluding carboxylic acids is 1. The predicted molar refractivity (Wildman–Crippen MR) is 57.6 cm³/mol. The summed E-state index contributed by atoms with van der Waals surface area (Å²) in [5.41, 5.74) is 0. The van der Waals surface area contributed by atoms with E-state index in [1.807, 2.05) is 6.92 Å². The Kier molecular flexibility index (Phi) is 3.59. The molecule has 0 saturated carbocycles. The maximum atomic E-state index is 11.6. The van der Waals surface area contributed by atoms with Crippen LogP contribution in [0.4, 0.5) is 0 Å². The summed E-state index contributed by atoms with van der Waals surface area (Å²) < 4.78 is 5.04. The molecule has 4 heteroatoms. The van der Waals surface area contributed by atoms with Crippen molar-refractivity contribution in [2.45, 2.75) is 50.7 Å². The molecule has 86 valence electrons. The third-order valence-electron chi connectivity index (χ3n) is 3.34. The highest BCUT2D eigenvalue weighted by Crippen LogP contribution is 2.20. The summed E-state index contributed by atoms with van der Waals surface area (Å²) in [7, 11) is 0. The Labute approximate surface area is 90.8 Å². The van der Waals surface area contributed by atoms with E-state index in [0.29, 0.717) is 18.7 Å². The lowest BCUT2D eigenvalue weighted by molar-refractivity contribution is -0.146. The summed E-state index contributed by atoms with van der Waals surface area (Å²) in [5, 5.41) is 6.90. The molecule has 2 N–H and O–H groups in total. The van der Waals surface area contributed by atoms with Crippen molar-refractivity contribution >= 4 is 5.97 Å². The van der Waals surface area contributed by atoms with Crippen molar-refractivity contribution in [1.82, 2.24) is 10.6 Å². The highest BCUT2D eigenvalue weighted by Gasteiger charge is 2.34. The number of hydrogen-bond acceptors (Lipinski definition) is 4. The standard InChI is InChI=1S/C11H20N2O2/c1-2-15-11(14)10-6-5-8-9(13-10)4-3-7-12-8/h8-10,12-13H,2-7H2,1H3. The monoisotopic (exact) mass is 212 g/mol. The number of carbonyl (C=O) groups is 1. The third kappa shape index (κ3) is 2.49. The zero-order valence-corrected chi connectivity index (χ0v) is 9.29. The van der Waals surface area contributed by atoms with Gasteiger partial charge in [-0.2, -0.15) is 0 Å². The summed E-state index contributed by atoms with van der Waals surface area (Å²) in [6, 6.07) is 0.942.